The van der Waals surface area contributed by atoms with Crippen molar-refractivity contribution >= 4 is 29.8 Å². The van der Waals surface area contributed by atoms with E-state index >= 15 is 0 Å². The van der Waals surface area contributed by atoms with Gasteiger partial charge in [-0.2, -0.15) is 0 Å². The van der Waals surface area contributed by atoms with Crippen LogP contribution in [0.2, 0.25) is 0 Å². The summed E-state index contributed by atoms with van der Waals surface area (Å²) >= 11 is 0. The van der Waals surface area contributed by atoms with Gasteiger partial charge in [0, 0.05) is 17.2 Å². The highest BCUT2D eigenvalue weighted by Crippen LogP contribution is 2.20. The van der Waals surface area contributed by atoms with Crippen molar-refractivity contribution in [1.82, 2.24) is 4.72 Å². The van der Waals surface area contributed by atoms with Crippen molar-refractivity contribution in [3.8, 4) is 0 Å². The van der Waals surface area contributed by atoms with Gasteiger partial charge in [-0.3, -0.25) is 0 Å². The molecular weight excluding hydrogens is 310 g/mol. The molecule has 0 atom stereocenters. The highest BCUT2D eigenvalue weighted by Gasteiger charge is 2.20. The maximum atomic E-state index is 12.0. The van der Waals surface area contributed by atoms with Crippen molar-refractivity contribution in [3.63, 3.8) is 0 Å². The second-order valence-corrected chi connectivity index (χ2v) is 9.63. The first kappa shape index (κ1) is 16.4. The Morgan fingerprint density at radius 3 is 2.11 bits per heavy atom. The SMILES string of the molecule is CC(C)(C)CNS(=O)(=O)c1cccc(S(=O)(=O)Cl)c1. The van der Waals surface area contributed by atoms with Gasteiger partial charge in [0.2, 0.25) is 10.0 Å². The maximum absolute atomic E-state index is 12.0. The Morgan fingerprint density at radius 1 is 1.11 bits per heavy atom. The molecule has 0 aromatic heterocycles. The molecular formula is C11H16ClNO4S2. The summed E-state index contributed by atoms with van der Waals surface area (Å²) in [6.07, 6.45) is 0. The van der Waals surface area contributed by atoms with E-state index in [1.165, 1.54) is 18.2 Å². The Labute approximate surface area is 118 Å². The van der Waals surface area contributed by atoms with Crippen LogP contribution >= 0.6 is 10.7 Å². The third-order valence-corrected chi connectivity index (χ3v) is 4.94. The number of halogens is 1. The predicted molar refractivity (Wildman–Crippen MR) is 74.1 cm³/mol. The van der Waals surface area contributed by atoms with Crippen LogP contribution in [0.5, 0.6) is 0 Å². The summed E-state index contributed by atoms with van der Waals surface area (Å²) in [6.45, 7) is 5.90. The largest absolute Gasteiger partial charge is 0.261 e. The number of sulfonamides is 1. The van der Waals surface area contributed by atoms with Gasteiger partial charge in [-0.25, -0.2) is 21.6 Å². The van der Waals surface area contributed by atoms with Gasteiger partial charge in [0.1, 0.15) is 0 Å². The highest BCUT2D eigenvalue weighted by atomic mass is 35.7. The number of hydrogen-bond acceptors (Lipinski definition) is 4. The summed E-state index contributed by atoms with van der Waals surface area (Å²) in [5.41, 5.74) is -0.219. The first-order valence-electron chi connectivity index (χ1n) is 5.46. The average Bonchev–Trinajstić information content (AvgIpc) is 2.25. The maximum Gasteiger partial charge on any atom is 0.261 e. The first-order chi connectivity index (χ1) is 8.42. The summed E-state index contributed by atoms with van der Waals surface area (Å²) in [4.78, 5) is -0.369. The second-order valence-electron chi connectivity index (χ2n) is 5.30. The zero-order chi connectivity index (χ0) is 14.9. The molecule has 0 aliphatic heterocycles. The monoisotopic (exact) mass is 325 g/mol. The summed E-state index contributed by atoms with van der Waals surface area (Å²) in [5.74, 6) is 0. The molecule has 1 N–H and O–H groups in total. The summed E-state index contributed by atoms with van der Waals surface area (Å²) in [5, 5.41) is 0. The van der Waals surface area contributed by atoms with E-state index in [2.05, 4.69) is 4.72 Å². The molecule has 0 radical (unpaired) electrons. The minimum absolute atomic E-state index is 0.126. The van der Waals surface area contributed by atoms with E-state index < -0.39 is 19.1 Å². The number of hydrogen-bond donors (Lipinski definition) is 1. The Bertz CT molecular complexity index is 660. The predicted octanol–water partition coefficient (Wildman–Crippen LogP) is 1.94. The third-order valence-electron chi connectivity index (χ3n) is 2.19. The molecule has 0 amide bonds. The number of rotatable bonds is 4. The Hall–Kier alpha value is -0.630. The molecule has 0 heterocycles. The lowest BCUT2D eigenvalue weighted by molar-refractivity contribution is 0.407. The average molecular weight is 326 g/mol. The molecule has 108 valence electrons. The fourth-order valence-corrected chi connectivity index (χ4v) is 3.39. The molecule has 0 spiro atoms. The molecule has 0 aliphatic carbocycles. The van der Waals surface area contributed by atoms with Crippen LogP contribution in [-0.4, -0.2) is 23.4 Å². The van der Waals surface area contributed by atoms with E-state index in [0.29, 0.717) is 0 Å². The van der Waals surface area contributed by atoms with Crippen LogP contribution < -0.4 is 4.72 Å². The van der Waals surface area contributed by atoms with Crippen molar-refractivity contribution in [2.45, 2.75) is 30.6 Å². The van der Waals surface area contributed by atoms with Gasteiger partial charge in [0.25, 0.3) is 9.05 Å². The van der Waals surface area contributed by atoms with Crippen LogP contribution in [0.15, 0.2) is 34.1 Å². The minimum atomic E-state index is -3.95. The number of nitrogens with one attached hydrogen (secondary N) is 1. The number of benzene rings is 1. The molecule has 0 bridgehead atoms. The third kappa shape index (κ3) is 5.10. The van der Waals surface area contributed by atoms with E-state index in [-0.39, 0.29) is 21.8 Å². The Kier molecular flexibility index (Phi) is 4.66. The molecule has 8 heteroatoms. The molecule has 19 heavy (non-hydrogen) atoms. The molecule has 0 unspecified atom stereocenters. The summed E-state index contributed by atoms with van der Waals surface area (Å²) in [6, 6.07) is 4.93. The normalized spacial score (nSPS) is 13.5. The van der Waals surface area contributed by atoms with Crippen LogP contribution in [0.4, 0.5) is 0 Å². The smallest absolute Gasteiger partial charge is 0.211 e. The zero-order valence-corrected chi connectivity index (χ0v) is 13.2. The van der Waals surface area contributed by atoms with Gasteiger partial charge >= 0.3 is 0 Å². The van der Waals surface area contributed by atoms with Gasteiger partial charge in [-0.05, 0) is 23.6 Å². The van der Waals surface area contributed by atoms with Gasteiger partial charge in [-0.15, -0.1) is 0 Å². The van der Waals surface area contributed by atoms with Crippen LogP contribution in [0.1, 0.15) is 20.8 Å². The highest BCUT2D eigenvalue weighted by molar-refractivity contribution is 8.13. The van der Waals surface area contributed by atoms with Crippen molar-refractivity contribution < 1.29 is 16.8 Å². The van der Waals surface area contributed by atoms with E-state index in [4.69, 9.17) is 10.7 Å². The molecule has 0 saturated carbocycles. The topological polar surface area (TPSA) is 80.3 Å². The fraction of sp³-hybridized carbons (Fsp3) is 0.455. The van der Waals surface area contributed by atoms with Crippen molar-refractivity contribution in [1.29, 1.82) is 0 Å². The van der Waals surface area contributed by atoms with Crippen LogP contribution in [0.25, 0.3) is 0 Å². The standard InChI is InChI=1S/C11H16ClNO4S2/c1-11(2,3)8-13-19(16,17)10-6-4-5-9(7-10)18(12,14)15/h4-7,13H,8H2,1-3H3. The fourth-order valence-electron chi connectivity index (χ4n) is 1.19. The van der Waals surface area contributed by atoms with Crippen molar-refractivity contribution in [2.24, 2.45) is 5.41 Å². The van der Waals surface area contributed by atoms with E-state index in [9.17, 15) is 16.8 Å². The van der Waals surface area contributed by atoms with Gasteiger partial charge in [0.15, 0.2) is 0 Å². The first-order valence-corrected chi connectivity index (χ1v) is 9.25. The van der Waals surface area contributed by atoms with Crippen LogP contribution in [0.3, 0.4) is 0 Å². The minimum Gasteiger partial charge on any atom is -0.211 e. The Morgan fingerprint density at radius 2 is 1.63 bits per heavy atom. The molecule has 5 nitrogen and oxygen atoms in total. The van der Waals surface area contributed by atoms with Crippen LogP contribution in [0, 0.1) is 5.41 Å². The van der Waals surface area contributed by atoms with E-state index in [1.807, 2.05) is 20.8 Å². The quantitative estimate of drug-likeness (QED) is 0.858. The van der Waals surface area contributed by atoms with Crippen molar-refractivity contribution in [3.05, 3.63) is 24.3 Å². The molecule has 1 aromatic rings. The molecule has 0 fully saturated rings. The van der Waals surface area contributed by atoms with Crippen molar-refractivity contribution in [2.75, 3.05) is 6.54 Å². The van der Waals surface area contributed by atoms with Gasteiger partial charge in [-0.1, -0.05) is 26.8 Å². The summed E-state index contributed by atoms with van der Waals surface area (Å²) in [7, 11) is -2.51. The lowest BCUT2D eigenvalue weighted by Crippen LogP contribution is -2.32. The molecule has 1 aromatic carbocycles. The van der Waals surface area contributed by atoms with Gasteiger partial charge in [0.05, 0.1) is 9.79 Å². The van der Waals surface area contributed by atoms with Gasteiger partial charge < -0.3 is 0 Å². The lowest BCUT2D eigenvalue weighted by Gasteiger charge is -2.18. The molecule has 0 saturated heterocycles. The Balaban J connectivity index is 3.10. The molecule has 0 aliphatic rings. The second kappa shape index (κ2) is 5.40. The van der Waals surface area contributed by atoms with Crippen LogP contribution in [-0.2, 0) is 19.1 Å². The molecule has 1 rings (SSSR count). The summed E-state index contributed by atoms with van der Waals surface area (Å²) < 4.78 is 48.8. The zero-order valence-electron chi connectivity index (χ0n) is 10.8. The van der Waals surface area contributed by atoms with E-state index in [0.717, 1.165) is 6.07 Å². The van der Waals surface area contributed by atoms with E-state index in [1.54, 1.807) is 0 Å². The lowest BCUT2D eigenvalue weighted by atomic mass is 9.98.